The average molecular weight is 440 g/mol. The maximum absolute atomic E-state index is 13.0. The van der Waals surface area contributed by atoms with Crippen molar-refractivity contribution in [2.24, 2.45) is 13.0 Å². The lowest BCUT2D eigenvalue weighted by Crippen LogP contribution is -2.25. The van der Waals surface area contributed by atoms with Crippen molar-refractivity contribution < 1.29 is 8.42 Å². The summed E-state index contributed by atoms with van der Waals surface area (Å²) in [5.74, 6) is 0.756. The fourth-order valence-corrected chi connectivity index (χ4v) is 6.41. The van der Waals surface area contributed by atoms with Crippen LogP contribution in [-0.2, 0) is 16.9 Å². The van der Waals surface area contributed by atoms with Crippen LogP contribution in [0.4, 0.5) is 5.69 Å². The van der Waals surface area contributed by atoms with Crippen molar-refractivity contribution in [2.75, 3.05) is 5.32 Å². The number of fused-ring (bicyclic) bond motifs is 1. The number of aromatic nitrogens is 2. The number of hydrogen-bond acceptors (Lipinski definition) is 4. The molecule has 0 aliphatic heterocycles. The monoisotopic (exact) mass is 439 g/mol. The first kappa shape index (κ1) is 20.4. The van der Waals surface area contributed by atoms with Crippen molar-refractivity contribution in [3.05, 3.63) is 47.0 Å². The Hall–Kier alpha value is -2.54. The zero-order chi connectivity index (χ0) is 21.8. The number of rotatable bonds is 5. The molecule has 0 bridgehead atoms. The molecule has 2 aliphatic carbocycles. The van der Waals surface area contributed by atoms with E-state index in [-0.39, 0.29) is 10.8 Å². The quantitative estimate of drug-likeness (QED) is 0.615. The second kappa shape index (κ2) is 7.55. The van der Waals surface area contributed by atoms with Gasteiger partial charge in [-0.05, 0) is 68.7 Å². The van der Waals surface area contributed by atoms with Gasteiger partial charge in [-0.2, -0.15) is 0 Å². The SMILES string of the molecule is CC1CCC(Nc2ccc(S(=O)(=O)C3CC3)cc2-c2cn(C)c(=O)c3[nH]ccc23)CC1. The van der Waals surface area contributed by atoms with Crippen LogP contribution in [0.3, 0.4) is 0 Å². The molecule has 0 radical (unpaired) electrons. The molecular formula is C24H29N3O3S. The second-order valence-electron chi connectivity index (χ2n) is 9.28. The van der Waals surface area contributed by atoms with Crippen LogP contribution < -0.4 is 10.9 Å². The summed E-state index contributed by atoms with van der Waals surface area (Å²) in [4.78, 5) is 16.0. The van der Waals surface area contributed by atoms with E-state index in [4.69, 9.17) is 0 Å². The summed E-state index contributed by atoms with van der Waals surface area (Å²) in [5, 5.41) is 4.24. The highest BCUT2D eigenvalue weighted by Gasteiger charge is 2.37. The number of aryl methyl sites for hydroxylation is 1. The minimum Gasteiger partial charge on any atom is -0.382 e. The number of H-pyrrole nitrogens is 1. The topological polar surface area (TPSA) is 84.0 Å². The van der Waals surface area contributed by atoms with E-state index in [1.54, 1.807) is 29.9 Å². The zero-order valence-corrected chi connectivity index (χ0v) is 18.8. The summed E-state index contributed by atoms with van der Waals surface area (Å²) in [6.45, 7) is 2.30. The molecule has 6 nitrogen and oxygen atoms in total. The lowest BCUT2D eigenvalue weighted by atomic mass is 9.87. The van der Waals surface area contributed by atoms with Crippen molar-refractivity contribution in [3.63, 3.8) is 0 Å². The van der Waals surface area contributed by atoms with Gasteiger partial charge in [0.05, 0.1) is 10.1 Å². The molecule has 0 atom stereocenters. The van der Waals surface area contributed by atoms with Crippen LogP contribution in [0.1, 0.15) is 45.4 Å². The standard InChI is InChI=1S/C24H29N3O3S/c1-15-3-5-16(6-4-15)26-22-10-9-18(31(29,30)17-7-8-17)13-20(22)21-14-27(2)24(28)23-19(21)11-12-25-23/h9-17,25-26H,3-8H2,1-2H3. The van der Waals surface area contributed by atoms with Crippen LogP contribution in [0.25, 0.3) is 22.0 Å². The van der Waals surface area contributed by atoms with Gasteiger partial charge >= 0.3 is 0 Å². The highest BCUT2D eigenvalue weighted by molar-refractivity contribution is 7.92. The largest absolute Gasteiger partial charge is 0.382 e. The molecule has 31 heavy (non-hydrogen) atoms. The van der Waals surface area contributed by atoms with Gasteiger partial charge in [0.2, 0.25) is 0 Å². The van der Waals surface area contributed by atoms with E-state index in [0.717, 1.165) is 53.8 Å². The molecule has 164 valence electrons. The number of nitrogens with zero attached hydrogens (tertiary/aromatic N) is 1. The molecule has 3 aromatic rings. The Morgan fingerprint density at radius 3 is 2.48 bits per heavy atom. The molecule has 7 heteroatoms. The van der Waals surface area contributed by atoms with Crippen LogP contribution in [0, 0.1) is 5.92 Å². The van der Waals surface area contributed by atoms with E-state index >= 15 is 0 Å². The lowest BCUT2D eigenvalue weighted by Gasteiger charge is -2.29. The van der Waals surface area contributed by atoms with Crippen molar-refractivity contribution in [3.8, 4) is 11.1 Å². The van der Waals surface area contributed by atoms with E-state index in [9.17, 15) is 13.2 Å². The molecule has 2 N–H and O–H groups in total. The van der Waals surface area contributed by atoms with Gasteiger partial charge < -0.3 is 14.9 Å². The molecule has 2 fully saturated rings. The van der Waals surface area contributed by atoms with Gasteiger partial charge in [0.25, 0.3) is 5.56 Å². The molecule has 0 unspecified atom stereocenters. The number of sulfone groups is 1. The van der Waals surface area contributed by atoms with E-state index < -0.39 is 9.84 Å². The molecular weight excluding hydrogens is 410 g/mol. The Morgan fingerprint density at radius 1 is 1.03 bits per heavy atom. The first-order chi connectivity index (χ1) is 14.8. The third-order valence-corrected chi connectivity index (χ3v) is 9.10. The maximum Gasteiger partial charge on any atom is 0.274 e. The van der Waals surface area contributed by atoms with E-state index in [1.807, 2.05) is 18.3 Å². The fourth-order valence-electron chi connectivity index (χ4n) is 4.73. The Morgan fingerprint density at radius 2 is 1.77 bits per heavy atom. The predicted molar refractivity (Wildman–Crippen MR) is 124 cm³/mol. The Kier molecular flexibility index (Phi) is 4.96. The summed E-state index contributed by atoms with van der Waals surface area (Å²) in [7, 11) is -1.59. The van der Waals surface area contributed by atoms with E-state index in [1.165, 1.54) is 12.8 Å². The number of hydrogen-bond donors (Lipinski definition) is 2. The van der Waals surface area contributed by atoms with Crippen LogP contribution in [0.15, 0.2) is 46.3 Å². The van der Waals surface area contributed by atoms with Crippen molar-refractivity contribution >= 4 is 26.4 Å². The number of nitrogens with one attached hydrogen (secondary N) is 2. The maximum atomic E-state index is 13.0. The molecule has 5 rings (SSSR count). The highest BCUT2D eigenvalue weighted by atomic mass is 32.2. The fraction of sp³-hybridized carbons (Fsp3) is 0.458. The minimum absolute atomic E-state index is 0.0960. The number of aromatic amines is 1. The van der Waals surface area contributed by atoms with Gasteiger partial charge in [-0.3, -0.25) is 4.79 Å². The highest BCUT2D eigenvalue weighted by Crippen LogP contribution is 2.39. The van der Waals surface area contributed by atoms with Crippen LogP contribution in [0.5, 0.6) is 0 Å². The predicted octanol–water partition coefficient (Wildman–Crippen LogP) is 4.46. The van der Waals surface area contributed by atoms with Crippen molar-refractivity contribution in [2.45, 2.75) is 61.6 Å². The van der Waals surface area contributed by atoms with Gasteiger partial charge in [-0.25, -0.2) is 8.42 Å². The first-order valence-electron chi connectivity index (χ1n) is 11.2. The lowest BCUT2D eigenvalue weighted by molar-refractivity contribution is 0.361. The van der Waals surface area contributed by atoms with Gasteiger partial charge in [0.1, 0.15) is 5.52 Å². The Bertz CT molecular complexity index is 1290. The van der Waals surface area contributed by atoms with Crippen molar-refractivity contribution in [1.82, 2.24) is 9.55 Å². The zero-order valence-electron chi connectivity index (χ0n) is 18.0. The van der Waals surface area contributed by atoms with Gasteiger partial charge in [0, 0.05) is 47.7 Å². The minimum atomic E-state index is -3.32. The third kappa shape index (κ3) is 3.69. The number of pyridine rings is 1. The average Bonchev–Trinajstić information content (AvgIpc) is 3.51. The van der Waals surface area contributed by atoms with Gasteiger partial charge in [-0.15, -0.1) is 0 Å². The molecule has 0 amide bonds. The smallest absolute Gasteiger partial charge is 0.274 e. The summed E-state index contributed by atoms with van der Waals surface area (Å²) in [5.41, 5.74) is 3.06. The van der Waals surface area contributed by atoms with Crippen LogP contribution in [-0.4, -0.2) is 29.3 Å². The second-order valence-corrected chi connectivity index (χ2v) is 11.5. The van der Waals surface area contributed by atoms with E-state index in [2.05, 4.69) is 17.2 Å². The normalized spacial score (nSPS) is 22.0. The molecule has 2 heterocycles. The van der Waals surface area contributed by atoms with Crippen LogP contribution in [0.2, 0.25) is 0 Å². The Labute approximate surface area is 182 Å². The van der Waals surface area contributed by atoms with Crippen molar-refractivity contribution in [1.29, 1.82) is 0 Å². The molecule has 0 spiro atoms. The summed E-state index contributed by atoms with van der Waals surface area (Å²) in [6.07, 6.45) is 9.66. The molecule has 2 aliphatic rings. The summed E-state index contributed by atoms with van der Waals surface area (Å²) in [6, 6.07) is 7.71. The summed E-state index contributed by atoms with van der Waals surface area (Å²) >= 11 is 0. The molecule has 0 saturated heterocycles. The number of anilines is 1. The summed E-state index contributed by atoms with van der Waals surface area (Å²) < 4.78 is 27.5. The van der Waals surface area contributed by atoms with Gasteiger partial charge in [-0.1, -0.05) is 6.92 Å². The number of benzene rings is 1. The van der Waals surface area contributed by atoms with Crippen LogP contribution >= 0.6 is 0 Å². The van der Waals surface area contributed by atoms with E-state index in [0.29, 0.717) is 16.5 Å². The third-order valence-electron chi connectivity index (χ3n) is 6.84. The molecule has 2 saturated carbocycles. The van der Waals surface area contributed by atoms with Gasteiger partial charge in [0.15, 0.2) is 9.84 Å². The molecule has 1 aromatic carbocycles. The molecule has 2 aromatic heterocycles. The Balaban J connectivity index is 1.65. The first-order valence-corrected chi connectivity index (χ1v) is 12.7.